The van der Waals surface area contributed by atoms with Gasteiger partial charge in [-0.25, -0.2) is 9.37 Å². The summed E-state index contributed by atoms with van der Waals surface area (Å²) in [6.45, 7) is 0. The first-order valence-corrected chi connectivity index (χ1v) is 6.53. The SMILES string of the molecule is COC1=CC(=O)c2nc(-c3ccc(F)cc3)sc2C1=O. The molecule has 1 heterocycles. The molecule has 2 aromatic rings. The minimum atomic E-state index is -0.360. The van der Waals surface area contributed by atoms with Crippen LogP contribution in [-0.2, 0) is 4.74 Å². The molecule has 0 fully saturated rings. The number of carbonyl (C=O) groups excluding carboxylic acids is 2. The molecule has 0 saturated heterocycles. The van der Waals surface area contributed by atoms with Crippen molar-refractivity contribution >= 4 is 22.9 Å². The normalized spacial score (nSPS) is 14.0. The molecular formula is C14H8FNO3S. The summed E-state index contributed by atoms with van der Waals surface area (Å²) in [5.41, 5.74) is 0.783. The number of ether oxygens (including phenoxy) is 1. The molecular weight excluding hydrogens is 281 g/mol. The lowest BCUT2D eigenvalue weighted by Gasteiger charge is -2.08. The van der Waals surface area contributed by atoms with Crippen LogP contribution in [0.2, 0.25) is 0 Å². The van der Waals surface area contributed by atoms with Crippen molar-refractivity contribution in [1.29, 1.82) is 0 Å². The van der Waals surface area contributed by atoms with Crippen LogP contribution in [0.15, 0.2) is 36.1 Å². The predicted octanol–water partition coefficient (Wildman–Crippen LogP) is 2.86. The zero-order valence-electron chi connectivity index (χ0n) is 10.3. The standard InChI is InChI=1S/C14H8FNO3S/c1-19-10-6-9(17)11-13(12(10)18)20-14(16-11)7-2-4-8(15)5-3-7/h2-6H,1H3. The highest BCUT2D eigenvalue weighted by Gasteiger charge is 2.30. The number of allylic oxidation sites excluding steroid dienone is 2. The van der Waals surface area contributed by atoms with E-state index in [9.17, 15) is 14.0 Å². The summed E-state index contributed by atoms with van der Waals surface area (Å²) < 4.78 is 17.8. The fourth-order valence-electron chi connectivity index (χ4n) is 1.87. The van der Waals surface area contributed by atoms with E-state index in [1.807, 2.05) is 0 Å². The number of ketones is 2. The van der Waals surface area contributed by atoms with Gasteiger partial charge < -0.3 is 4.74 Å². The number of aromatic nitrogens is 1. The maximum atomic E-state index is 12.9. The quantitative estimate of drug-likeness (QED) is 0.853. The molecule has 0 N–H and O–H groups in total. The number of rotatable bonds is 2. The molecule has 1 aromatic carbocycles. The third-order valence-corrected chi connectivity index (χ3v) is 3.97. The molecule has 0 saturated carbocycles. The number of hydrogen-bond donors (Lipinski definition) is 0. The molecule has 0 bridgehead atoms. The number of Topliss-reactive ketones (excluding diaryl/α,β-unsaturated/α-hetero) is 1. The van der Waals surface area contributed by atoms with Crippen molar-refractivity contribution in [3.63, 3.8) is 0 Å². The first-order chi connectivity index (χ1) is 9.60. The average Bonchev–Trinajstić information content (AvgIpc) is 2.89. The van der Waals surface area contributed by atoms with Crippen LogP contribution in [0, 0.1) is 5.82 Å². The van der Waals surface area contributed by atoms with Gasteiger partial charge >= 0.3 is 0 Å². The Hall–Kier alpha value is -2.34. The molecule has 0 aliphatic heterocycles. The van der Waals surface area contributed by atoms with E-state index in [1.54, 1.807) is 12.1 Å². The second-order valence-electron chi connectivity index (χ2n) is 4.11. The van der Waals surface area contributed by atoms with Crippen molar-refractivity contribution in [1.82, 2.24) is 4.98 Å². The van der Waals surface area contributed by atoms with Gasteiger partial charge in [0, 0.05) is 11.6 Å². The number of hydrogen-bond acceptors (Lipinski definition) is 5. The Morgan fingerprint density at radius 2 is 1.90 bits per heavy atom. The molecule has 0 radical (unpaired) electrons. The number of methoxy groups -OCH3 is 1. The smallest absolute Gasteiger partial charge is 0.240 e. The lowest BCUT2D eigenvalue weighted by atomic mass is 10.1. The Balaban J connectivity index is 2.08. The summed E-state index contributed by atoms with van der Waals surface area (Å²) >= 11 is 1.10. The van der Waals surface area contributed by atoms with Gasteiger partial charge in [-0.3, -0.25) is 9.59 Å². The Morgan fingerprint density at radius 1 is 1.20 bits per heavy atom. The molecule has 100 valence electrons. The Kier molecular flexibility index (Phi) is 2.94. The molecule has 0 unspecified atom stereocenters. The first kappa shape index (κ1) is 12.7. The fraction of sp³-hybridized carbons (Fsp3) is 0.0714. The van der Waals surface area contributed by atoms with Gasteiger partial charge in [-0.1, -0.05) is 0 Å². The van der Waals surface area contributed by atoms with Crippen molar-refractivity contribution in [2.24, 2.45) is 0 Å². The van der Waals surface area contributed by atoms with Crippen LogP contribution in [0.5, 0.6) is 0 Å². The second kappa shape index (κ2) is 4.64. The highest BCUT2D eigenvalue weighted by molar-refractivity contribution is 7.17. The summed E-state index contributed by atoms with van der Waals surface area (Å²) in [5, 5.41) is 0.502. The maximum Gasteiger partial charge on any atom is 0.240 e. The molecule has 3 rings (SSSR count). The van der Waals surface area contributed by atoms with E-state index in [0.29, 0.717) is 10.6 Å². The van der Waals surface area contributed by atoms with E-state index in [2.05, 4.69) is 4.98 Å². The van der Waals surface area contributed by atoms with Crippen LogP contribution in [0.25, 0.3) is 10.6 Å². The average molecular weight is 289 g/mol. The van der Waals surface area contributed by atoms with Gasteiger partial charge in [-0.05, 0) is 24.3 Å². The van der Waals surface area contributed by atoms with Crippen molar-refractivity contribution in [2.45, 2.75) is 0 Å². The lowest BCUT2D eigenvalue weighted by molar-refractivity contribution is 0.0919. The summed E-state index contributed by atoms with van der Waals surface area (Å²) in [7, 11) is 1.34. The van der Waals surface area contributed by atoms with Gasteiger partial charge in [-0.15, -0.1) is 11.3 Å². The fourth-order valence-corrected chi connectivity index (χ4v) is 2.89. The molecule has 0 spiro atoms. The number of fused-ring (bicyclic) bond motifs is 1. The summed E-state index contributed by atoms with van der Waals surface area (Å²) in [6.07, 6.45) is 1.14. The van der Waals surface area contributed by atoms with Gasteiger partial charge in [0.1, 0.15) is 21.4 Å². The summed E-state index contributed by atoms with van der Waals surface area (Å²) in [4.78, 5) is 28.4. The Morgan fingerprint density at radius 3 is 2.55 bits per heavy atom. The van der Waals surface area contributed by atoms with E-state index in [1.165, 1.54) is 19.2 Å². The molecule has 0 atom stereocenters. The van der Waals surface area contributed by atoms with Crippen LogP contribution in [-0.4, -0.2) is 23.7 Å². The van der Waals surface area contributed by atoms with Crippen LogP contribution in [0.4, 0.5) is 4.39 Å². The molecule has 4 nitrogen and oxygen atoms in total. The topological polar surface area (TPSA) is 56.3 Å². The molecule has 6 heteroatoms. The zero-order chi connectivity index (χ0) is 14.3. The van der Waals surface area contributed by atoms with E-state index >= 15 is 0 Å². The van der Waals surface area contributed by atoms with Crippen LogP contribution in [0.3, 0.4) is 0 Å². The summed E-state index contributed by atoms with van der Waals surface area (Å²) in [5.74, 6) is -1.06. The number of benzene rings is 1. The monoisotopic (exact) mass is 289 g/mol. The third-order valence-electron chi connectivity index (χ3n) is 2.86. The van der Waals surface area contributed by atoms with E-state index in [0.717, 1.165) is 17.4 Å². The van der Waals surface area contributed by atoms with Gasteiger partial charge in [0.25, 0.3) is 0 Å². The van der Waals surface area contributed by atoms with E-state index in [-0.39, 0.29) is 33.7 Å². The van der Waals surface area contributed by atoms with E-state index < -0.39 is 0 Å². The first-order valence-electron chi connectivity index (χ1n) is 5.71. The van der Waals surface area contributed by atoms with Crippen molar-refractivity contribution in [2.75, 3.05) is 7.11 Å². The van der Waals surface area contributed by atoms with Gasteiger partial charge in [-0.2, -0.15) is 0 Å². The number of thiazole rings is 1. The minimum Gasteiger partial charge on any atom is -0.492 e. The molecule has 1 aliphatic rings. The Labute approximate surface area is 117 Å². The summed E-state index contributed by atoms with van der Waals surface area (Å²) in [6, 6.07) is 5.72. The largest absolute Gasteiger partial charge is 0.492 e. The van der Waals surface area contributed by atoms with Gasteiger partial charge in [0.15, 0.2) is 5.76 Å². The predicted molar refractivity (Wildman–Crippen MR) is 71.3 cm³/mol. The third kappa shape index (κ3) is 1.94. The number of halogens is 1. The number of nitrogens with zero attached hydrogens (tertiary/aromatic N) is 1. The molecule has 1 aliphatic carbocycles. The number of carbonyl (C=O) groups is 2. The van der Waals surface area contributed by atoms with Crippen LogP contribution >= 0.6 is 11.3 Å². The van der Waals surface area contributed by atoms with Crippen molar-refractivity contribution in [3.05, 3.63) is 52.5 Å². The zero-order valence-corrected chi connectivity index (χ0v) is 11.2. The lowest BCUT2D eigenvalue weighted by Crippen LogP contribution is -2.16. The molecule has 1 aromatic heterocycles. The van der Waals surface area contributed by atoms with Crippen LogP contribution < -0.4 is 0 Å². The Bertz CT molecular complexity index is 746. The van der Waals surface area contributed by atoms with Gasteiger partial charge in [0.2, 0.25) is 11.6 Å². The van der Waals surface area contributed by atoms with Crippen molar-refractivity contribution < 1.29 is 18.7 Å². The minimum absolute atomic E-state index is 0.0109. The van der Waals surface area contributed by atoms with Crippen molar-refractivity contribution in [3.8, 4) is 10.6 Å². The maximum absolute atomic E-state index is 12.9. The van der Waals surface area contributed by atoms with E-state index in [4.69, 9.17) is 4.74 Å². The highest BCUT2D eigenvalue weighted by atomic mass is 32.1. The molecule has 0 amide bonds. The van der Waals surface area contributed by atoms with Crippen LogP contribution in [0.1, 0.15) is 20.2 Å². The second-order valence-corrected chi connectivity index (χ2v) is 5.11. The highest BCUT2D eigenvalue weighted by Crippen LogP contribution is 2.32. The molecule has 20 heavy (non-hydrogen) atoms. The van der Waals surface area contributed by atoms with Gasteiger partial charge in [0.05, 0.1) is 7.11 Å².